The highest BCUT2D eigenvalue weighted by Gasteiger charge is 2.71. The van der Waals surface area contributed by atoms with E-state index in [1.54, 1.807) is 28.4 Å². The molecular weight excluding hydrogens is 1000 g/mol. The quantitative estimate of drug-likeness (QED) is 0.164. The van der Waals surface area contributed by atoms with Crippen molar-refractivity contribution in [3.05, 3.63) is 106 Å². The average molecular weight is 1100 g/mol. The smallest absolute Gasteiger partial charge is 0.312 e. The number of carboxylic acid groups (broad SMARTS) is 1. The van der Waals surface area contributed by atoms with Gasteiger partial charge in [0.1, 0.15) is 11.2 Å². The fraction of sp³-hybridized carbons (Fsp3) is 0.603. The molecule has 4 heterocycles. The van der Waals surface area contributed by atoms with E-state index in [2.05, 4.69) is 121 Å². The lowest BCUT2D eigenvalue weighted by atomic mass is 9.33. The number of rotatable bonds is 5. The second-order valence-electron chi connectivity index (χ2n) is 27.6. The first-order valence-electron chi connectivity index (χ1n) is 29.8. The Balaban J connectivity index is 0.000000177. The van der Waals surface area contributed by atoms with Gasteiger partial charge in [-0.15, -0.1) is 0 Å². The number of methoxy groups -OCH3 is 4. The fourth-order valence-corrected chi connectivity index (χ4v) is 18.0. The van der Waals surface area contributed by atoms with E-state index in [1.165, 1.54) is 27.8 Å². The van der Waals surface area contributed by atoms with Crippen molar-refractivity contribution in [2.45, 2.75) is 156 Å². The Labute approximate surface area is 476 Å². The molecule has 3 N–H and O–H groups in total. The number of ether oxygens (including phenoxy) is 6. The largest absolute Gasteiger partial charge is 0.493 e. The lowest BCUT2D eigenvalue weighted by Crippen LogP contribution is -2.67. The number of carboxylic acids is 1. The molecule has 9 aliphatic rings. The molecule has 12 nitrogen and oxygen atoms in total. The zero-order chi connectivity index (χ0) is 57.1. The number of allylic oxidation sites excluding steroid dienone is 2. The molecule has 4 aromatic carbocycles. The summed E-state index contributed by atoms with van der Waals surface area (Å²) in [7, 11) is 11.1. The monoisotopic (exact) mass is 1090 g/mol. The van der Waals surface area contributed by atoms with Crippen LogP contribution < -0.4 is 28.4 Å². The molecule has 11 unspecified atom stereocenters. The van der Waals surface area contributed by atoms with Crippen molar-refractivity contribution in [1.29, 1.82) is 0 Å². The summed E-state index contributed by atoms with van der Waals surface area (Å²) in [5.41, 5.74) is 7.45. The van der Waals surface area contributed by atoms with Crippen LogP contribution >= 0.6 is 0 Å². The summed E-state index contributed by atoms with van der Waals surface area (Å²) in [4.78, 5) is 17.6. The van der Waals surface area contributed by atoms with E-state index in [-0.39, 0.29) is 51.2 Å². The van der Waals surface area contributed by atoms with Crippen LogP contribution in [-0.2, 0) is 30.5 Å². The predicted molar refractivity (Wildman–Crippen MR) is 312 cm³/mol. The van der Waals surface area contributed by atoms with E-state index < -0.39 is 17.5 Å². The minimum atomic E-state index is -1.04. The molecule has 0 saturated heterocycles. The van der Waals surface area contributed by atoms with Crippen molar-refractivity contribution in [1.82, 2.24) is 9.80 Å². The Morgan fingerprint density at radius 2 is 1.30 bits per heavy atom. The van der Waals surface area contributed by atoms with Crippen LogP contribution in [-0.4, -0.2) is 98.9 Å². The Morgan fingerprint density at radius 3 is 1.99 bits per heavy atom. The summed E-state index contributed by atoms with van der Waals surface area (Å²) in [6.45, 7) is 18.3. The molecule has 4 fully saturated rings. The molecule has 12 heteroatoms. The molecular formula is C68H90N2O10. The third-order valence-electron chi connectivity index (χ3n) is 22.9. The average Bonchev–Trinajstić information content (AvgIpc) is 3.43. The Kier molecular flexibility index (Phi) is 14.5. The molecule has 6 bridgehead atoms. The first kappa shape index (κ1) is 56.6. The molecule has 11 atom stereocenters. The normalized spacial score (nSPS) is 33.7. The molecule has 0 spiro atoms. The maximum atomic E-state index is 12.8. The lowest BCUT2D eigenvalue weighted by Gasteiger charge is -2.71. The SMILES string of the molecule is CC1(C)CCC2(C(=O)O)C(O)CC3(C)C(=CCC4C5(C)CCC(O)C(C)(C)C5CCC43C)C2C1.COc1ccc2cc1Oc1ccc(cc1)CC1c3cc(c(OC)cc3CCN1C)Oc1c(OC)c(OC)cc3c1C(C2)N(C)CC3. The van der Waals surface area contributed by atoms with Crippen molar-refractivity contribution < 1.29 is 48.5 Å². The van der Waals surface area contributed by atoms with E-state index in [1.807, 2.05) is 18.2 Å². The summed E-state index contributed by atoms with van der Waals surface area (Å²) in [6.07, 6.45) is 12.7. The van der Waals surface area contributed by atoms with Gasteiger partial charge in [0.05, 0.1) is 40.6 Å². The van der Waals surface area contributed by atoms with Gasteiger partial charge in [-0.25, -0.2) is 0 Å². The number of nitrogens with zero attached hydrogens (tertiary/aromatic N) is 2. The van der Waals surface area contributed by atoms with Crippen LogP contribution in [0.2, 0.25) is 0 Å². The summed E-state index contributed by atoms with van der Waals surface area (Å²) in [6, 6.07) is 21.2. The van der Waals surface area contributed by atoms with E-state index in [0.717, 1.165) is 101 Å². The van der Waals surface area contributed by atoms with Crippen LogP contribution in [0.5, 0.6) is 46.0 Å². The second-order valence-corrected chi connectivity index (χ2v) is 27.6. The van der Waals surface area contributed by atoms with Gasteiger partial charge in [-0.3, -0.25) is 14.6 Å². The van der Waals surface area contributed by atoms with Gasteiger partial charge in [-0.05, 0) is 213 Å². The topological polar surface area (TPSA) is 140 Å². The summed E-state index contributed by atoms with van der Waals surface area (Å²) in [5.74, 6) is 5.50. The number of benzene rings is 4. The van der Waals surface area contributed by atoms with E-state index >= 15 is 0 Å². The highest BCUT2D eigenvalue weighted by molar-refractivity contribution is 5.78. The van der Waals surface area contributed by atoms with Gasteiger partial charge in [0.25, 0.3) is 0 Å². The number of hydrogen-bond acceptors (Lipinski definition) is 11. The standard InChI is InChI=1S/C38H42N2O6.C30H48O4/c1-39-15-13-25-20-32(42-4)34-22-28(25)29(39)17-23-7-10-27(11-8-23)45-33-19-24(9-12-31(33)41-3)18-30-36-26(14-16-40(30)2)21-35(43-5)37(44-6)38(36)46-34;1-25(2)14-15-30(24(33)34)19(16-25)18-8-9-21-27(5)12-11-22(31)26(3,4)20(27)10-13-28(21,6)29(18,7)17-23(30)32/h7-12,19-22,29-30H,13-18H2,1-6H3;8,19-23,31-32H,9-17H2,1-7H3,(H,33,34). The maximum absolute atomic E-state index is 12.8. The molecule has 4 aromatic rings. The van der Waals surface area contributed by atoms with Crippen molar-refractivity contribution in [2.75, 3.05) is 55.6 Å². The lowest BCUT2D eigenvalue weighted by molar-refractivity contribution is -0.218. The molecule has 0 aromatic heterocycles. The van der Waals surface area contributed by atoms with Crippen LogP contribution in [0.3, 0.4) is 0 Å². The molecule has 0 amide bonds. The molecule has 4 saturated carbocycles. The van der Waals surface area contributed by atoms with Crippen molar-refractivity contribution >= 4 is 5.97 Å². The molecule has 4 aliphatic heterocycles. The summed E-state index contributed by atoms with van der Waals surface area (Å²) >= 11 is 0. The Morgan fingerprint density at radius 1 is 0.650 bits per heavy atom. The van der Waals surface area contributed by atoms with Gasteiger partial charge >= 0.3 is 5.97 Å². The maximum Gasteiger partial charge on any atom is 0.312 e. The minimum absolute atomic E-state index is 0.000437. The van der Waals surface area contributed by atoms with E-state index in [0.29, 0.717) is 64.9 Å². The number of fused-ring (bicyclic) bond motifs is 9. The van der Waals surface area contributed by atoms with Gasteiger partial charge in [-0.2, -0.15) is 0 Å². The summed E-state index contributed by atoms with van der Waals surface area (Å²) in [5, 5.41) is 33.1. The molecule has 5 aliphatic carbocycles. The minimum Gasteiger partial charge on any atom is -0.493 e. The van der Waals surface area contributed by atoms with Gasteiger partial charge in [-0.1, -0.05) is 78.3 Å². The molecule has 432 valence electrons. The number of likely N-dealkylation sites (N-methyl/N-ethyl adjacent to an activating group) is 2. The van der Waals surface area contributed by atoms with Gasteiger partial charge in [0, 0.05) is 30.7 Å². The van der Waals surface area contributed by atoms with Gasteiger partial charge in [0.2, 0.25) is 5.75 Å². The van der Waals surface area contributed by atoms with Gasteiger partial charge in [0.15, 0.2) is 34.5 Å². The molecule has 0 radical (unpaired) electrons. The van der Waals surface area contributed by atoms with E-state index in [4.69, 9.17) is 28.4 Å². The number of aliphatic hydroxyl groups excluding tert-OH is 2. The highest BCUT2D eigenvalue weighted by Crippen LogP contribution is 2.76. The highest BCUT2D eigenvalue weighted by atomic mass is 16.5. The summed E-state index contributed by atoms with van der Waals surface area (Å²) < 4.78 is 37.1. The predicted octanol–water partition coefficient (Wildman–Crippen LogP) is 13.4. The van der Waals surface area contributed by atoms with Crippen LogP contribution in [0, 0.1) is 50.2 Å². The fourth-order valence-electron chi connectivity index (χ4n) is 18.0. The number of hydrogen-bond donors (Lipinski definition) is 3. The van der Waals surface area contributed by atoms with Crippen LogP contribution in [0.1, 0.15) is 152 Å². The van der Waals surface area contributed by atoms with Crippen LogP contribution in [0.25, 0.3) is 0 Å². The number of aliphatic carboxylic acids is 1. The van der Waals surface area contributed by atoms with Crippen LogP contribution in [0.15, 0.2) is 72.3 Å². The zero-order valence-corrected chi connectivity index (χ0v) is 50.1. The van der Waals surface area contributed by atoms with Gasteiger partial charge < -0.3 is 43.7 Å². The van der Waals surface area contributed by atoms with Crippen molar-refractivity contribution in [3.8, 4) is 46.0 Å². The first-order valence-corrected chi connectivity index (χ1v) is 29.8. The zero-order valence-electron chi connectivity index (χ0n) is 50.1. The van der Waals surface area contributed by atoms with Crippen molar-refractivity contribution in [2.24, 2.45) is 50.2 Å². The number of carbonyl (C=O) groups is 1. The first-order chi connectivity index (χ1) is 38.0. The third-order valence-corrected chi connectivity index (χ3v) is 22.9. The van der Waals surface area contributed by atoms with E-state index in [9.17, 15) is 20.1 Å². The second kappa shape index (κ2) is 20.6. The molecule has 13 rings (SSSR count). The third kappa shape index (κ3) is 8.93. The number of aliphatic hydroxyl groups is 2. The Hall–Kier alpha value is -5.27. The van der Waals surface area contributed by atoms with Crippen LogP contribution in [0.4, 0.5) is 0 Å². The molecule has 80 heavy (non-hydrogen) atoms. The van der Waals surface area contributed by atoms with Crippen molar-refractivity contribution in [3.63, 3.8) is 0 Å². The Bertz CT molecular complexity index is 3060.